The number of hydrogen-bond acceptors (Lipinski definition) is 6. The first kappa shape index (κ1) is 25.0. The Kier molecular flexibility index (Phi) is 7.10. The lowest BCUT2D eigenvalue weighted by molar-refractivity contribution is -0.129. The molecule has 9 nitrogen and oxygen atoms in total. The summed E-state index contributed by atoms with van der Waals surface area (Å²) in [6.45, 7) is 6.18. The number of imide groups is 1. The fourth-order valence-electron chi connectivity index (χ4n) is 3.91. The van der Waals surface area contributed by atoms with E-state index in [1.807, 2.05) is 57.2 Å². The van der Waals surface area contributed by atoms with Gasteiger partial charge in [-0.1, -0.05) is 18.2 Å². The molecule has 4 amide bonds. The lowest BCUT2D eigenvalue weighted by Gasteiger charge is -2.34. The summed E-state index contributed by atoms with van der Waals surface area (Å²) in [5.41, 5.74) is 2.50. The van der Waals surface area contributed by atoms with Gasteiger partial charge in [0.05, 0.1) is 31.1 Å². The lowest BCUT2D eigenvalue weighted by atomic mass is 10.1. The molecule has 2 heterocycles. The number of nitrogens with zero attached hydrogens (tertiary/aromatic N) is 3. The third-order valence-electron chi connectivity index (χ3n) is 5.69. The van der Waals surface area contributed by atoms with Crippen LogP contribution in [0.15, 0.2) is 54.7 Å². The number of hydrogen-bond donors (Lipinski definition) is 1. The van der Waals surface area contributed by atoms with Crippen LogP contribution >= 0.6 is 0 Å². The van der Waals surface area contributed by atoms with E-state index in [-0.39, 0.29) is 31.4 Å². The SMILES string of the molecule is COc1ccc(CN2C(=O)CCN(c3cnc4ccc(CNC(=O)OC(C)(C)C)cc4c3)C2=O)cc1. The van der Waals surface area contributed by atoms with E-state index in [1.54, 1.807) is 30.3 Å². The second kappa shape index (κ2) is 10.2. The number of nitrogens with one attached hydrogen (secondary N) is 1. The van der Waals surface area contributed by atoms with Gasteiger partial charge >= 0.3 is 12.1 Å². The summed E-state index contributed by atoms with van der Waals surface area (Å²) < 4.78 is 10.5. The minimum Gasteiger partial charge on any atom is -0.497 e. The molecule has 0 atom stereocenters. The van der Waals surface area contributed by atoms with Crippen LogP contribution in [0, 0.1) is 0 Å². The van der Waals surface area contributed by atoms with Crippen molar-refractivity contribution in [1.29, 1.82) is 0 Å². The molecule has 1 aliphatic heterocycles. The van der Waals surface area contributed by atoms with E-state index in [2.05, 4.69) is 10.3 Å². The third kappa shape index (κ3) is 5.91. The van der Waals surface area contributed by atoms with Crippen molar-refractivity contribution in [3.63, 3.8) is 0 Å². The van der Waals surface area contributed by atoms with Gasteiger partial charge in [0.15, 0.2) is 0 Å². The maximum absolute atomic E-state index is 13.3. The van der Waals surface area contributed by atoms with Gasteiger partial charge in [-0.05, 0) is 62.2 Å². The zero-order valence-electron chi connectivity index (χ0n) is 20.9. The number of methoxy groups -OCH3 is 1. The van der Waals surface area contributed by atoms with Crippen molar-refractivity contribution in [3.05, 3.63) is 65.9 Å². The molecule has 9 heteroatoms. The summed E-state index contributed by atoms with van der Waals surface area (Å²) in [4.78, 5) is 45.2. The normalized spacial score (nSPS) is 14.2. The highest BCUT2D eigenvalue weighted by Gasteiger charge is 2.33. The number of rotatable bonds is 6. The molecule has 3 aromatic rings. The van der Waals surface area contributed by atoms with E-state index in [1.165, 1.54) is 4.90 Å². The van der Waals surface area contributed by atoms with Gasteiger partial charge in [0.1, 0.15) is 11.4 Å². The molecule has 0 saturated carbocycles. The molecular formula is C27H30N4O5. The third-order valence-corrected chi connectivity index (χ3v) is 5.69. The van der Waals surface area contributed by atoms with Crippen molar-refractivity contribution in [2.24, 2.45) is 0 Å². The number of alkyl carbamates (subject to hydrolysis) is 1. The Morgan fingerprint density at radius 2 is 1.78 bits per heavy atom. The minimum absolute atomic E-state index is 0.180. The van der Waals surface area contributed by atoms with Crippen LogP contribution in [-0.4, -0.2) is 47.2 Å². The second-order valence-electron chi connectivity index (χ2n) is 9.59. The molecule has 4 rings (SSSR count). The van der Waals surface area contributed by atoms with Crippen molar-refractivity contribution in [2.45, 2.75) is 45.9 Å². The molecule has 0 spiro atoms. The lowest BCUT2D eigenvalue weighted by Crippen LogP contribution is -2.52. The maximum Gasteiger partial charge on any atom is 0.407 e. The van der Waals surface area contributed by atoms with Gasteiger partial charge in [-0.3, -0.25) is 19.6 Å². The van der Waals surface area contributed by atoms with E-state index in [0.29, 0.717) is 18.0 Å². The first-order chi connectivity index (χ1) is 17.1. The molecule has 2 aromatic carbocycles. The van der Waals surface area contributed by atoms with E-state index in [0.717, 1.165) is 22.0 Å². The van der Waals surface area contributed by atoms with E-state index < -0.39 is 11.7 Å². The fraction of sp³-hybridized carbons (Fsp3) is 0.333. The highest BCUT2D eigenvalue weighted by atomic mass is 16.6. The van der Waals surface area contributed by atoms with Gasteiger partial charge in [0, 0.05) is 24.9 Å². The van der Waals surface area contributed by atoms with Gasteiger partial charge in [-0.2, -0.15) is 0 Å². The fourth-order valence-corrected chi connectivity index (χ4v) is 3.91. The molecule has 0 bridgehead atoms. The molecule has 36 heavy (non-hydrogen) atoms. The van der Waals surface area contributed by atoms with Crippen LogP contribution in [-0.2, 0) is 22.6 Å². The van der Waals surface area contributed by atoms with Gasteiger partial charge in [-0.15, -0.1) is 0 Å². The molecular weight excluding hydrogens is 460 g/mol. The zero-order chi connectivity index (χ0) is 25.9. The summed E-state index contributed by atoms with van der Waals surface area (Å²) in [6.07, 6.45) is 1.37. The summed E-state index contributed by atoms with van der Waals surface area (Å²) in [7, 11) is 1.59. The number of aromatic nitrogens is 1. The monoisotopic (exact) mass is 490 g/mol. The van der Waals surface area contributed by atoms with Crippen LogP contribution in [0.5, 0.6) is 5.75 Å². The number of fused-ring (bicyclic) bond motifs is 1. The van der Waals surface area contributed by atoms with Gasteiger partial charge in [-0.25, -0.2) is 9.59 Å². The molecule has 0 unspecified atom stereocenters. The van der Waals surface area contributed by atoms with E-state index >= 15 is 0 Å². The molecule has 0 aliphatic carbocycles. The first-order valence-corrected chi connectivity index (χ1v) is 11.7. The smallest absolute Gasteiger partial charge is 0.407 e. The van der Waals surface area contributed by atoms with Crippen molar-refractivity contribution in [1.82, 2.24) is 15.2 Å². The van der Waals surface area contributed by atoms with Gasteiger partial charge in [0.25, 0.3) is 0 Å². The number of carbonyl (C=O) groups is 3. The highest BCUT2D eigenvalue weighted by Crippen LogP contribution is 2.26. The van der Waals surface area contributed by atoms with Gasteiger partial charge < -0.3 is 14.8 Å². The number of carbonyl (C=O) groups excluding carboxylic acids is 3. The first-order valence-electron chi connectivity index (χ1n) is 11.7. The Hall–Kier alpha value is -4.14. The highest BCUT2D eigenvalue weighted by molar-refractivity contribution is 6.06. The average Bonchev–Trinajstić information content (AvgIpc) is 2.84. The van der Waals surface area contributed by atoms with Crippen molar-refractivity contribution in [3.8, 4) is 5.75 Å². The molecule has 1 aliphatic rings. The number of pyridine rings is 1. The molecule has 1 aromatic heterocycles. The van der Waals surface area contributed by atoms with Crippen molar-refractivity contribution >= 4 is 34.6 Å². The zero-order valence-corrected chi connectivity index (χ0v) is 20.9. The Morgan fingerprint density at radius 1 is 1.06 bits per heavy atom. The number of anilines is 1. The van der Waals surface area contributed by atoms with E-state index in [9.17, 15) is 14.4 Å². The topological polar surface area (TPSA) is 101 Å². The average molecular weight is 491 g/mol. The summed E-state index contributed by atoms with van der Waals surface area (Å²) in [6, 6.07) is 14.4. The van der Waals surface area contributed by atoms with Crippen molar-refractivity contribution in [2.75, 3.05) is 18.6 Å². The largest absolute Gasteiger partial charge is 0.497 e. The van der Waals surface area contributed by atoms with Crippen LogP contribution in [0.3, 0.4) is 0 Å². The molecule has 1 saturated heterocycles. The number of amides is 4. The summed E-state index contributed by atoms with van der Waals surface area (Å²) >= 11 is 0. The predicted molar refractivity (Wildman–Crippen MR) is 136 cm³/mol. The minimum atomic E-state index is -0.574. The number of benzene rings is 2. The van der Waals surface area contributed by atoms with Crippen molar-refractivity contribution < 1.29 is 23.9 Å². The standard InChI is InChI=1S/C27H30N4O5/c1-27(2,3)36-25(33)29-15-19-7-10-23-20(13-19)14-21(16-28-23)30-12-11-24(32)31(26(30)34)17-18-5-8-22(35-4)9-6-18/h5-10,13-14,16H,11-12,15,17H2,1-4H3,(H,29,33). The maximum atomic E-state index is 13.3. The van der Waals surface area contributed by atoms with Crippen LogP contribution in [0.2, 0.25) is 0 Å². The number of ether oxygens (including phenoxy) is 2. The molecule has 1 fully saturated rings. The molecule has 188 valence electrons. The molecule has 0 radical (unpaired) electrons. The van der Waals surface area contributed by atoms with Crippen LogP contribution in [0.25, 0.3) is 10.9 Å². The van der Waals surface area contributed by atoms with Gasteiger partial charge in [0.2, 0.25) is 5.91 Å². The Balaban J connectivity index is 1.50. The molecule has 1 N–H and O–H groups in total. The summed E-state index contributed by atoms with van der Waals surface area (Å²) in [5.74, 6) is 0.496. The quantitative estimate of drug-likeness (QED) is 0.541. The van der Waals surface area contributed by atoms with Crippen LogP contribution in [0.1, 0.15) is 38.3 Å². The summed E-state index contributed by atoms with van der Waals surface area (Å²) in [5, 5.41) is 3.57. The van der Waals surface area contributed by atoms with Crippen LogP contribution < -0.4 is 15.0 Å². The number of urea groups is 1. The predicted octanol–water partition coefficient (Wildman–Crippen LogP) is 4.63. The van der Waals surface area contributed by atoms with Crippen LogP contribution in [0.4, 0.5) is 15.3 Å². The second-order valence-corrected chi connectivity index (χ2v) is 9.59. The van der Waals surface area contributed by atoms with E-state index in [4.69, 9.17) is 9.47 Å². The Bertz CT molecular complexity index is 1280. The Labute approximate surface area is 210 Å². The Morgan fingerprint density at radius 3 is 2.47 bits per heavy atom.